The summed E-state index contributed by atoms with van der Waals surface area (Å²) in [5.41, 5.74) is 2.78. The summed E-state index contributed by atoms with van der Waals surface area (Å²) in [7, 11) is 1.62. The van der Waals surface area contributed by atoms with Gasteiger partial charge in [0.25, 0.3) is 0 Å². The summed E-state index contributed by atoms with van der Waals surface area (Å²) in [6.07, 6.45) is 0.603. The maximum absolute atomic E-state index is 12.4. The molecule has 0 saturated heterocycles. The Labute approximate surface area is 151 Å². The molecule has 0 spiro atoms. The highest BCUT2D eigenvalue weighted by atomic mass is 16.7. The highest BCUT2D eigenvalue weighted by Gasteiger charge is 2.21. The lowest BCUT2D eigenvalue weighted by Gasteiger charge is -2.18. The van der Waals surface area contributed by atoms with E-state index in [1.54, 1.807) is 7.05 Å². The zero-order valence-electron chi connectivity index (χ0n) is 14.4. The van der Waals surface area contributed by atoms with Crippen molar-refractivity contribution in [3.8, 4) is 0 Å². The maximum Gasteiger partial charge on any atom is 0.243 e. The number of benzene rings is 1. The predicted molar refractivity (Wildman–Crippen MR) is 92.3 cm³/mol. The van der Waals surface area contributed by atoms with Crippen molar-refractivity contribution in [1.82, 2.24) is 26.7 Å². The Morgan fingerprint density at radius 1 is 1.08 bits per heavy atom. The zero-order chi connectivity index (χ0) is 19.2. The summed E-state index contributed by atoms with van der Waals surface area (Å²) in [5, 5.41) is 10.1. The van der Waals surface area contributed by atoms with Crippen LogP contribution in [0.25, 0.3) is 0 Å². The largest absolute Gasteiger partial charge is 0.345 e. The first-order valence-corrected chi connectivity index (χ1v) is 7.90. The average molecular weight is 365 g/mol. The standard InChI is InChI=1S/C16H23N5O5/c1-17-8-15(24)21-13(7-12-5-3-2-4-6-12)16(25)18-9-14(23)19-11-26-20-10-22/h2-6,10,13,17H,7-9,11H2,1H3,(H,18,25)(H,19,23)(H,20,22)(H,21,24). The molecular weight excluding hydrogens is 342 g/mol. The molecule has 1 aromatic carbocycles. The van der Waals surface area contributed by atoms with E-state index in [2.05, 4.69) is 26.1 Å². The minimum absolute atomic E-state index is 0.0696. The van der Waals surface area contributed by atoms with Crippen molar-refractivity contribution < 1.29 is 24.0 Å². The van der Waals surface area contributed by atoms with E-state index >= 15 is 0 Å². The van der Waals surface area contributed by atoms with Crippen LogP contribution in [0, 0.1) is 0 Å². The number of carbonyl (C=O) groups is 4. The second-order valence-electron chi connectivity index (χ2n) is 5.18. The van der Waals surface area contributed by atoms with Crippen molar-refractivity contribution in [2.24, 2.45) is 0 Å². The first kappa shape index (κ1) is 21.1. The number of hydroxylamine groups is 1. The SMILES string of the molecule is CNCC(=O)NC(Cc1ccccc1)C(=O)NCC(=O)NCONC=O. The molecule has 0 aliphatic rings. The highest BCUT2D eigenvalue weighted by Crippen LogP contribution is 2.03. The number of rotatable bonds is 12. The van der Waals surface area contributed by atoms with Crippen LogP contribution in [0.5, 0.6) is 0 Å². The van der Waals surface area contributed by atoms with Crippen LogP contribution in [-0.2, 0) is 30.4 Å². The molecule has 0 bridgehead atoms. The molecule has 4 amide bonds. The van der Waals surface area contributed by atoms with Crippen molar-refractivity contribution in [2.75, 3.05) is 26.9 Å². The Kier molecular flexibility index (Phi) is 10.0. The van der Waals surface area contributed by atoms with Gasteiger partial charge in [0.15, 0.2) is 0 Å². The van der Waals surface area contributed by atoms with Crippen LogP contribution in [0.15, 0.2) is 30.3 Å². The van der Waals surface area contributed by atoms with E-state index in [1.165, 1.54) is 0 Å². The van der Waals surface area contributed by atoms with Gasteiger partial charge in [-0.1, -0.05) is 30.3 Å². The minimum atomic E-state index is -0.820. The summed E-state index contributed by atoms with van der Waals surface area (Å²) in [5.74, 6) is -1.33. The fraction of sp³-hybridized carbons (Fsp3) is 0.375. The quantitative estimate of drug-likeness (QED) is 0.123. The fourth-order valence-electron chi connectivity index (χ4n) is 2.01. The van der Waals surface area contributed by atoms with Crippen LogP contribution < -0.4 is 26.7 Å². The van der Waals surface area contributed by atoms with Crippen LogP contribution in [0.1, 0.15) is 5.56 Å². The van der Waals surface area contributed by atoms with Crippen molar-refractivity contribution in [3.63, 3.8) is 0 Å². The molecular formula is C16H23N5O5. The Bertz CT molecular complexity index is 596. The number of carbonyl (C=O) groups excluding carboxylic acids is 4. The Morgan fingerprint density at radius 3 is 2.46 bits per heavy atom. The first-order valence-electron chi connectivity index (χ1n) is 7.90. The van der Waals surface area contributed by atoms with Gasteiger partial charge >= 0.3 is 0 Å². The van der Waals surface area contributed by atoms with Gasteiger partial charge in [-0.15, -0.1) is 0 Å². The topological polar surface area (TPSA) is 138 Å². The van der Waals surface area contributed by atoms with E-state index in [-0.39, 0.29) is 32.1 Å². The molecule has 142 valence electrons. The summed E-state index contributed by atoms with van der Waals surface area (Å²) in [6.45, 7) is -0.462. The van der Waals surface area contributed by atoms with Gasteiger partial charge in [0.1, 0.15) is 12.8 Å². The molecule has 0 fully saturated rings. The highest BCUT2D eigenvalue weighted by molar-refractivity contribution is 5.91. The smallest absolute Gasteiger partial charge is 0.243 e. The molecule has 1 unspecified atom stereocenters. The zero-order valence-corrected chi connectivity index (χ0v) is 14.4. The van der Waals surface area contributed by atoms with Crippen LogP contribution in [0.4, 0.5) is 0 Å². The Balaban J connectivity index is 2.55. The maximum atomic E-state index is 12.4. The van der Waals surface area contributed by atoms with Crippen LogP contribution in [0.2, 0.25) is 0 Å². The van der Waals surface area contributed by atoms with E-state index in [4.69, 9.17) is 0 Å². The first-order chi connectivity index (χ1) is 12.6. The monoisotopic (exact) mass is 365 g/mol. The van der Waals surface area contributed by atoms with Gasteiger partial charge in [-0.25, -0.2) is 5.48 Å². The molecule has 0 radical (unpaired) electrons. The molecule has 0 aromatic heterocycles. The minimum Gasteiger partial charge on any atom is -0.345 e. The van der Waals surface area contributed by atoms with Gasteiger partial charge in [0.2, 0.25) is 24.1 Å². The summed E-state index contributed by atoms with van der Waals surface area (Å²) in [6, 6.07) is 8.38. The number of likely N-dealkylation sites (N-methyl/N-ethyl adjacent to an activating group) is 1. The number of nitrogens with one attached hydrogen (secondary N) is 5. The fourth-order valence-corrected chi connectivity index (χ4v) is 2.01. The third-order valence-corrected chi connectivity index (χ3v) is 3.17. The number of hydrogen-bond acceptors (Lipinski definition) is 6. The third-order valence-electron chi connectivity index (χ3n) is 3.17. The molecule has 5 N–H and O–H groups in total. The van der Waals surface area contributed by atoms with Gasteiger partial charge in [-0.3, -0.25) is 24.0 Å². The number of hydrogen-bond donors (Lipinski definition) is 5. The molecule has 26 heavy (non-hydrogen) atoms. The van der Waals surface area contributed by atoms with Crippen molar-refractivity contribution >= 4 is 24.1 Å². The average Bonchev–Trinajstić information content (AvgIpc) is 2.64. The predicted octanol–water partition coefficient (Wildman–Crippen LogP) is -2.20. The molecule has 1 rings (SSSR count). The number of amides is 4. The van der Waals surface area contributed by atoms with Gasteiger partial charge in [-0.05, 0) is 12.6 Å². The van der Waals surface area contributed by atoms with Crippen LogP contribution >= 0.6 is 0 Å². The second kappa shape index (κ2) is 12.4. The van der Waals surface area contributed by atoms with Crippen molar-refractivity contribution in [2.45, 2.75) is 12.5 Å². The molecule has 10 nitrogen and oxygen atoms in total. The molecule has 10 heteroatoms. The lowest BCUT2D eigenvalue weighted by molar-refractivity contribution is -0.131. The van der Waals surface area contributed by atoms with E-state index in [9.17, 15) is 19.2 Å². The lowest BCUT2D eigenvalue weighted by atomic mass is 10.1. The van der Waals surface area contributed by atoms with E-state index in [1.807, 2.05) is 35.8 Å². The summed E-state index contributed by atoms with van der Waals surface area (Å²) < 4.78 is 0. The molecule has 0 heterocycles. The van der Waals surface area contributed by atoms with E-state index in [0.717, 1.165) is 5.56 Å². The molecule has 1 aromatic rings. The van der Waals surface area contributed by atoms with Gasteiger partial charge < -0.3 is 21.3 Å². The lowest BCUT2D eigenvalue weighted by Crippen LogP contribution is -2.51. The normalized spacial score (nSPS) is 11.1. The van der Waals surface area contributed by atoms with Gasteiger partial charge in [0.05, 0.1) is 13.1 Å². The molecule has 0 aliphatic carbocycles. The summed E-state index contributed by atoms with van der Waals surface area (Å²) >= 11 is 0. The Morgan fingerprint density at radius 2 is 1.81 bits per heavy atom. The van der Waals surface area contributed by atoms with E-state index in [0.29, 0.717) is 6.41 Å². The molecule has 0 aliphatic heterocycles. The summed E-state index contributed by atoms with van der Waals surface area (Å²) in [4.78, 5) is 50.3. The van der Waals surface area contributed by atoms with Gasteiger partial charge in [0, 0.05) is 6.42 Å². The molecule has 1 atom stereocenters. The molecule has 0 saturated carbocycles. The Hall–Kier alpha value is -2.98. The van der Waals surface area contributed by atoms with Crippen LogP contribution in [0.3, 0.4) is 0 Å². The van der Waals surface area contributed by atoms with E-state index < -0.39 is 17.9 Å². The van der Waals surface area contributed by atoms with Crippen molar-refractivity contribution in [1.29, 1.82) is 0 Å². The van der Waals surface area contributed by atoms with Gasteiger partial charge in [-0.2, -0.15) is 0 Å². The third kappa shape index (κ3) is 8.76. The van der Waals surface area contributed by atoms with Crippen molar-refractivity contribution in [3.05, 3.63) is 35.9 Å². The van der Waals surface area contributed by atoms with Crippen LogP contribution in [-0.4, -0.2) is 57.0 Å². The second-order valence-corrected chi connectivity index (χ2v) is 5.18.